The van der Waals surface area contributed by atoms with Crippen molar-refractivity contribution in [2.75, 3.05) is 6.54 Å². The maximum atomic E-state index is 12.6. The number of rotatable bonds is 6. The summed E-state index contributed by atoms with van der Waals surface area (Å²) in [6.45, 7) is 0.875. The second kappa shape index (κ2) is 8.73. The van der Waals surface area contributed by atoms with Crippen molar-refractivity contribution in [3.8, 4) is 11.4 Å². The molecule has 0 saturated carbocycles. The highest BCUT2D eigenvalue weighted by molar-refractivity contribution is 5.78. The van der Waals surface area contributed by atoms with Crippen LogP contribution < -0.4 is 16.6 Å². The number of amides is 1. The molecule has 4 heterocycles. The van der Waals surface area contributed by atoms with Gasteiger partial charge in [0.25, 0.3) is 5.56 Å². The van der Waals surface area contributed by atoms with Crippen LogP contribution in [0.25, 0.3) is 22.6 Å². The molecule has 1 amide bonds. The van der Waals surface area contributed by atoms with Gasteiger partial charge in [-0.15, -0.1) is 0 Å². The van der Waals surface area contributed by atoms with Gasteiger partial charge in [-0.2, -0.15) is 5.10 Å². The fourth-order valence-electron chi connectivity index (χ4n) is 4.59. The summed E-state index contributed by atoms with van der Waals surface area (Å²) < 4.78 is 5.77. The second-order valence-corrected chi connectivity index (χ2v) is 8.52. The zero-order valence-electron chi connectivity index (χ0n) is 19.2. The largest absolute Gasteiger partial charge is 0.353 e. The van der Waals surface area contributed by atoms with Crippen LogP contribution in [-0.2, 0) is 44.8 Å². The summed E-state index contributed by atoms with van der Waals surface area (Å²) in [6.07, 6.45) is 7.39. The summed E-state index contributed by atoms with van der Waals surface area (Å²) in [6, 6.07) is 5.82. The molecule has 0 spiro atoms. The van der Waals surface area contributed by atoms with Crippen molar-refractivity contribution >= 4 is 17.1 Å². The van der Waals surface area contributed by atoms with E-state index in [2.05, 4.69) is 15.3 Å². The van der Waals surface area contributed by atoms with E-state index in [9.17, 15) is 14.4 Å². The highest BCUT2D eigenvalue weighted by Crippen LogP contribution is 2.30. The van der Waals surface area contributed by atoms with E-state index in [1.807, 2.05) is 22.9 Å². The maximum absolute atomic E-state index is 12.6. The van der Waals surface area contributed by atoms with Crippen molar-refractivity contribution in [2.45, 2.75) is 38.8 Å². The van der Waals surface area contributed by atoms with Gasteiger partial charge in [0.05, 0.1) is 18.6 Å². The number of imidazole rings is 1. The summed E-state index contributed by atoms with van der Waals surface area (Å²) in [4.78, 5) is 45.9. The predicted molar refractivity (Wildman–Crippen MR) is 125 cm³/mol. The lowest BCUT2D eigenvalue weighted by Crippen LogP contribution is -2.38. The molecule has 5 rings (SSSR count). The van der Waals surface area contributed by atoms with Crippen LogP contribution in [0, 0.1) is 0 Å². The lowest BCUT2D eigenvalue weighted by molar-refractivity contribution is -0.121. The Bertz CT molecular complexity index is 1490. The number of hydrogen-bond donors (Lipinski definition) is 1. The number of aryl methyl sites for hydroxylation is 1. The lowest BCUT2D eigenvalue weighted by atomic mass is 9.95. The topological polar surface area (TPSA) is 122 Å². The van der Waals surface area contributed by atoms with Gasteiger partial charge in [-0.25, -0.2) is 9.78 Å². The minimum Gasteiger partial charge on any atom is -0.353 e. The lowest BCUT2D eigenvalue weighted by Gasteiger charge is -2.14. The van der Waals surface area contributed by atoms with E-state index in [-0.39, 0.29) is 23.6 Å². The Hall–Kier alpha value is -4.02. The molecule has 34 heavy (non-hydrogen) atoms. The van der Waals surface area contributed by atoms with Crippen molar-refractivity contribution < 1.29 is 4.79 Å². The molecule has 1 aliphatic rings. The van der Waals surface area contributed by atoms with Crippen molar-refractivity contribution in [1.29, 1.82) is 0 Å². The van der Waals surface area contributed by atoms with Gasteiger partial charge in [0.15, 0.2) is 11.2 Å². The third-order valence-corrected chi connectivity index (χ3v) is 6.34. The van der Waals surface area contributed by atoms with Gasteiger partial charge in [-0.1, -0.05) is 6.07 Å². The first kappa shape index (κ1) is 21.8. The van der Waals surface area contributed by atoms with Crippen molar-refractivity contribution in [2.24, 2.45) is 14.1 Å². The number of carbonyl (C=O) groups excluding carboxylic acids is 1. The van der Waals surface area contributed by atoms with E-state index in [1.54, 1.807) is 13.2 Å². The molecule has 11 nitrogen and oxygen atoms in total. The summed E-state index contributed by atoms with van der Waals surface area (Å²) in [5, 5.41) is 7.73. The first-order chi connectivity index (χ1) is 16.5. The van der Waals surface area contributed by atoms with Gasteiger partial charge in [0, 0.05) is 38.1 Å². The van der Waals surface area contributed by atoms with Gasteiger partial charge < -0.3 is 9.88 Å². The molecule has 0 saturated heterocycles. The molecule has 4 aromatic heterocycles. The molecule has 1 aliphatic carbocycles. The van der Waals surface area contributed by atoms with E-state index < -0.39 is 11.2 Å². The first-order valence-electron chi connectivity index (χ1n) is 11.3. The highest BCUT2D eigenvalue weighted by atomic mass is 16.2. The standard InChI is InChI=1S/C23H26N8O3/c1-28-21-20(22(33)29(2)23(28)34)30(14-26-21)13-18(32)25-11-12-31-17-9-4-3-7-15(17)19(27-31)16-8-5-6-10-24-16/h5-6,8,10,14H,3-4,7,9,11-13H2,1-2H3,(H,25,32). The minimum atomic E-state index is -0.478. The fraction of sp³-hybridized carbons (Fsp3) is 0.391. The summed E-state index contributed by atoms with van der Waals surface area (Å²) in [7, 11) is 2.96. The number of nitrogens with one attached hydrogen (secondary N) is 1. The van der Waals surface area contributed by atoms with Crippen LogP contribution in [0.2, 0.25) is 0 Å². The zero-order valence-corrected chi connectivity index (χ0v) is 19.2. The monoisotopic (exact) mass is 462 g/mol. The molecule has 1 N–H and O–H groups in total. The van der Waals surface area contributed by atoms with Crippen LogP contribution in [0.4, 0.5) is 0 Å². The van der Waals surface area contributed by atoms with Crippen LogP contribution in [0.5, 0.6) is 0 Å². The summed E-state index contributed by atoms with van der Waals surface area (Å²) in [5.41, 5.74) is 3.80. The fourth-order valence-corrected chi connectivity index (χ4v) is 4.59. The van der Waals surface area contributed by atoms with Crippen LogP contribution in [0.15, 0.2) is 40.3 Å². The molecular weight excluding hydrogens is 436 g/mol. The third-order valence-electron chi connectivity index (χ3n) is 6.34. The molecule has 0 atom stereocenters. The number of hydrogen-bond acceptors (Lipinski definition) is 6. The Kier molecular flexibility index (Phi) is 5.60. The average Bonchev–Trinajstić information content (AvgIpc) is 3.44. The van der Waals surface area contributed by atoms with E-state index in [0.717, 1.165) is 41.6 Å². The van der Waals surface area contributed by atoms with E-state index >= 15 is 0 Å². The van der Waals surface area contributed by atoms with E-state index in [4.69, 9.17) is 5.10 Å². The van der Waals surface area contributed by atoms with Crippen LogP contribution in [-0.4, -0.2) is 45.9 Å². The number of nitrogens with zero attached hydrogens (tertiary/aromatic N) is 7. The quantitative estimate of drug-likeness (QED) is 0.442. The Morgan fingerprint density at radius 3 is 2.71 bits per heavy atom. The van der Waals surface area contributed by atoms with Gasteiger partial charge in [0.2, 0.25) is 5.91 Å². The minimum absolute atomic E-state index is 0.0691. The Morgan fingerprint density at radius 1 is 1.09 bits per heavy atom. The van der Waals surface area contributed by atoms with Gasteiger partial charge >= 0.3 is 5.69 Å². The van der Waals surface area contributed by atoms with Crippen molar-refractivity contribution in [3.05, 3.63) is 62.8 Å². The highest BCUT2D eigenvalue weighted by Gasteiger charge is 2.22. The summed E-state index contributed by atoms with van der Waals surface area (Å²) >= 11 is 0. The molecule has 11 heteroatoms. The Morgan fingerprint density at radius 2 is 1.91 bits per heavy atom. The molecule has 0 unspecified atom stereocenters. The molecule has 0 aromatic carbocycles. The molecule has 0 bridgehead atoms. The van der Waals surface area contributed by atoms with Crippen molar-refractivity contribution in [1.82, 2.24) is 38.8 Å². The zero-order chi connectivity index (χ0) is 23.8. The maximum Gasteiger partial charge on any atom is 0.332 e. The van der Waals surface area contributed by atoms with Gasteiger partial charge in [-0.3, -0.25) is 28.4 Å². The molecule has 0 fully saturated rings. The average molecular weight is 463 g/mol. The molecular formula is C23H26N8O3. The van der Waals surface area contributed by atoms with Crippen molar-refractivity contribution in [3.63, 3.8) is 0 Å². The second-order valence-electron chi connectivity index (χ2n) is 8.52. The number of pyridine rings is 1. The van der Waals surface area contributed by atoms with Crippen LogP contribution in [0.3, 0.4) is 0 Å². The smallest absolute Gasteiger partial charge is 0.332 e. The molecule has 4 aromatic rings. The Labute approximate surface area is 194 Å². The summed E-state index contributed by atoms with van der Waals surface area (Å²) in [5.74, 6) is -0.249. The predicted octanol–water partition coefficient (Wildman–Crippen LogP) is 0.387. The van der Waals surface area contributed by atoms with E-state index in [0.29, 0.717) is 13.1 Å². The number of fused-ring (bicyclic) bond motifs is 2. The SMILES string of the molecule is Cn1c(=O)c2c(ncn2CC(=O)NCCn2nc(-c3ccccn3)c3c2CCCC3)n(C)c1=O. The molecule has 0 radical (unpaired) electrons. The van der Waals surface area contributed by atoms with E-state index in [1.165, 1.54) is 33.8 Å². The first-order valence-corrected chi connectivity index (χ1v) is 11.3. The molecule has 0 aliphatic heterocycles. The molecule has 176 valence electrons. The Balaban J connectivity index is 1.30. The van der Waals surface area contributed by atoms with Gasteiger partial charge in [0.1, 0.15) is 12.2 Å². The number of aromatic nitrogens is 7. The third kappa shape index (κ3) is 3.72. The van der Waals surface area contributed by atoms with Crippen LogP contribution >= 0.6 is 0 Å². The van der Waals surface area contributed by atoms with Gasteiger partial charge in [-0.05, 0) is 37.8 Å². The number of carbonyl (C=O) groups is 1. The normalized spacial score (nSPS) is 13.2. The van der Waals surface area contributed by atoms with Crippen LogP contribution in [0.1, 0.15) is 24.1 Å².